The van der Waals surface area contributed by atoms with Crippen molar-refractivity contribution in [1.82, 2.24) is 10.6 Å². The summed E-state index contributed by atoms with van der Waals surface area (Å²) < 4.78 is 0. The van der Waals surface area contributed by atoms with Crippen LogP contribution in [0.1, 0.15) is 11.1 Å². The molecule has 30 heavy (non-hydrogen) atoms. The Morgan fingerprint density at radius 3 is 1.47 bits per heavy atom. The topological polar surface area (TPSA) is 81.8 Å². The molecule has 0 atom stereocenters. The van der Waals surface area contributed by atoms with Gasteiger partial charge in [-0.15, -0.1) is 0 Å². The molecule has 3 rings (SSSR count). The van der Waals surface area contributed by atoms with Crippen LogP contribution in [-0.4, -0.2) is 46.0 Å². The SMILES string of the molecule is CN(C)c1ccc(C(=CC=C2C(=O)NC(=O)NC2=O)c2ccc(N(C)C)cc2)cc1. The lowest BCUT2D eigenvalue weighted by Gasteiger charge is -2.16. The predicted octanol–water partition coefficient (Wildman–Crippen LogP) is 2.54. The number of hydrogen-bond acceptors (Lipinski definition) is 5. The van der Waals surface area contributed by atoms with Crippen molar-refractivity contribution in [3.05, 3.63) is 77.4 Å². The smallest absolute Gasteiger partial charge is 0.328 e. The van der Waals surface area contributed by atoms with Gasteiger partial charge in [0, 0.05) is 39.6 Å². The second-order valence-electron chi connectivity index (χ2n) is 7.28. The number of carbonyl (C=O) groups excluding carboxylic acids is 3. The molecule has 1 aliphatic rings. The number of barbiturate groups is 1. The van der Waals surface area contributed by atoms with Crippen LogP contribution in [0.15, 0.2) is 66.3 Å². The summed E-state index contributed by atoms with van der Waals surface area (Å²) in [5.41, 5.74) is 4.70. The van der Waals surface area contributed by atoms with E-state index in [0.717, 1.165) is 28.1 Å². The molecule has 7 heteroatoms. The van der Waals surface area contributed by atoms with Gasteiger partial charge in [-0.1, -0.05) is 30.3 Å². The first kappa shape index (κ1) is 20.9. The molecule has 1 aliphatic heterocycles. The monoisotopic (exact) mass is 404 g/mol. The van der Waals surface area contributed by atoms with Gasteiger partial charge < -0.3 is 9.80 Å². The molecule has 1 fully saturated rings. The molecular weight excluding hydrogens is 380 g/mol. The molecule has 0 bridgehead atoms. The Morgan fingerprint density at radius 2 is 1.10 bits per heavy atom. The lowest BCUT2D eigenvalue weighted by Crippen LogP contribution is -2.51. The van der Waals surface area contributed by atoms with Gasteiger partial charge in [0.15, 0.2) is 0 Å². The largest absolute Gasteiger partial charge is 0.378 e. The molecule has 154 valence electrons. The lowest BCUT2D eigenvalue weighted by molar-refractivity contribution is -0.124. The first-order valence-electron chi connectivity index (χ1n) is 9.40. The number of urea groups is 1. The number of nitrogens with zero attached hydrogens (tertiary/aromatic N) is 2. The Labute approximate surface area is 175 Å². The van der Waals surface area contributed by atoms with Crippen molar-refractivity contribution in [2.45, 2.75) is 0 Å². The Hall–Kier alpha value is -3.87. The molecule has 0 aliphatic carbocycles. The average Bonchev–Trinajstić information content (AvgIpc) is 2.70. The van der Waals surface area contributed by atoms with Crippen molar-refractivity contribution >= 4 is 34.8 Å². The quantitative estimate of drug-likeness (QED) is 0.591. The number of anilines is 2. The van der Waals surface area contributed by atoms with Crippen LogP contribution in [0.5, 0.6) is 0 Å². The number of hydrogen-bond donors (Lipinski definition) is 2. The lowest BCUT2D eigenvalue weighted by atomic mass is 9.96. The molecule has 1 heterocycles. The summed E-state index contributed by atoms with van der Waals surface area (Å²) in [5.74, 6) is -1.43. The molecule has 0 aromatic heterocycles. The van der Waals surface area contributed by atoms with Crippen LogP contribution >= 0.6 is 0 Å². The molecule has 2 N–H and O–H groups in total. The summed E-state index contributed by atoms with van der Waals surface area (Å²) in [4.78, 5) is 39.4. The molecule has 0 radical (unpaired) electrons. The number of allylic oxidation sites excluding steroid dienone is 2. The van der Waals surface area contributed by atoms with E-state index in [0.29, 0.717) is 0 Å². The second kappa shape index (κ2) is 8.65. The van der Waals surface area contributed by atoms with Crippen LogP contribution in [0, 0.1) is 0 Å². The van der Waals surface area contributed by atoms with Crippen molar-refractivity contribution in [3.8, 4) is 0 Å². The average molecular weight is 404 g/mol. The normalized spacial score (nSPS) is 13.3. The first-order valence-corrected chi connectivity index (χ1v) is 9.40. The fourth-order valence-electron chi connectivity index (χ4n) is 3.03. The maximum absolute atomic E-state index is 12.0. The number of benzene rings is 2. The van der Waals surface area contributed by atoms with Crippen LogP contribution < -0.4 is 20.4 Å². The first-order chi connectivity index (χ1) is 14.3. The maximum atomic E-state index is 12.0. The van der Waals surface area contributed by atoms with Gasteiger partial charge in [-0.05, 0) is 47.0 Å². The summed E-state index contributed by atoms with van der Waals surface area (Å²) in [7, 11) is 7.88. The van der Waals surface area contributed by atoms with E-state index in [1.807, 2.05) is 86.5 Å². The van der Waals surface area contributed by atoms with E-state index in [9.17, 15) is 14.4 Å². The number of amides is 4. The zero-order chi connectivity index (χ0) is 21.8. The minimum absolute atomic E-state index is 0.123. The van der Waals surface area contributed by atoms with Crippen LogP contribution in [0.4, 0.5) is 16.2 Å². The van der Waals surface area contributed by atoms with Crippen molar-refractivity contribution in [1.29, 1.82) is 0 Å². The summed E-state index contributed by atoms with van der Waals surface area (Å²) in [6, 6.07) is 15.2. The molecule has 2 aromatic carbocycles. The van der Waals surface area contributed by atoms with Gasteiger partial charge in [0.1, 0.15) is 5.57 Å². The minimum Gasteiger partial charge on any atom is -0.378 e. The highest BCUT2D eigenvalue weighted by Crippen LogP contribution is 2.27. The Balaban J connectivity index is 2.06. The van der Waals surface area contributed by atoms with Crippen LogP contribution in [0.3, 0.4) is 0 Å². The molecule has 4 amide bonds. The zero-order valence-electron chi connectivity index (χ0n) is 17.4. The van der Waals surface area contributed by atoms with E-state index in [1.54, 1.807) is 6.08 Å². The fraction of sp³-hybridized carbons (Fsp3) is 0.174. The highest BCUT2D eigenvalue weighted by atomic mass is 16.2. The van der Waals surface area contributed by atoms with Gasteiger partial charge in [-0.3, -0.25) is 20.2 Å². The number of rotatable bonds is 5. The fourth-order valence-corrected chi connectivity index (χ4v) is 3.03. The van der Waals surface area contributed by atoms with E-state index >= 15 is 0 Å². The van der Waals surface area contributed by atoms with Gasteiger partial charge in [0.25, 0.3) is 11.8 Å². The van der Waals surface area contributed by atoms with Crippen molar-refractivity contribution in [2.24, 2.45) is 0 Å². The summed E-state index contributed by atoms with van der Waals surface area (Å²) in [6.07, 6.45) is 3.16. The Bertz CT molecular complexity index is 958. The van der Waals surface area contributed by atoms with Crippen LogP contribution in [-0.2, 0) is 9.59 Å². The highest BCUT2D eigenvalue weighted by molar-refractivity contribution is 6.29. The van der Waals surface area contributed by atoms with Gasteiger partial charge in [-0.2, -0.15) is 0 Å². The zero-order valence-corrected chi connectivity index (χ0v) is 17.4. The molecule has 0 unspecified atom stereocenters. The highest BCUT2D eigenvalue weighted by Gasteiger charge is 2.27. The maximum Gasteiger partial charge on any atom is 0.328 e. The second-order valence-corrected chi connectivity index (χ2v) is 7.28. The minimum atomic E-state index is -0.815. The molecule has 2 aromatic rings. The van der Waals surface area contributed by atoms with Crippen LogP contribution in [0.25, 0.3) is 5.57 Å². The van der Waals surface area contributed by atoms with Gasteiger partial charge in [0.2, 0.25) is 0 Å². The summed E-state index contributed by atoms with van der Waals surface area (Å²) in [5, 5.41) is 4.17. The van der Waals surface area contributed by atoms with E-state index in [-0.39, 0.29) is 5.57 Å². The van der Waals surface area contributed by atoms with E-state index < -0.39 is 17.8 Å². The van der Waals surface area contributed by atoms with Gasteiger partial charge in [0.05, 0.1) is 0 Å². The van der Waals surface area contributed by atoms with E-state index in [1.165, 1.54) is 6.08 Å². The Kier molecular flexibility index (Phi) is 6.01. The molecule has 1 saturated heterocycles. The predicted molar refractivity (Wildman–Crippen MR) is 118 cm³/mol. The number of nitrogens with one attached hydrogen (secondary N) is 2. The van der Waals surface area contributed by atoms with Gasteiger partial charge >= 0.3 is 6.03 Å². The number of imide groups is 2. The van der Waals surface area contributed by atoms with E-state index in [4.69, 9.17) is 0 Å². The van der Waals surface area contributed by atoms with E-state index in [2.05, 4.69) is 10.6 Å². The van der Waals surface area contributed by atoms with Crippen molar-refractivity contribution in [3.63, 3.8) is 0 Å². The molecule has 7 nitrogen and oxygen atoms in total. The third-order valence-corrected chi connectivity index (χ3v) is 4.75. The standard InChI is InChI=1S/C23H24N4O3/c1-26(2)17-9-5-15(6-10-17)19(16-7-11-18(12-8-16)27(3)4)13-14-20-21(28)24-23(30)25-22(20)29/h5-14H,1-4H3,(H2,24,25,28,29,30). The molecule has 0 saturated carbocycles. The van der Waals surface area contributed by atoms with Crippen LogP contribution in [0.2, 0.25) is 0 Å². The third kappa shape index (κ3) is 4.57. The van der Waals surface area contributed by atoms with Crippen molar-refractivity contribution in [2.75, 3.05) is 38.0 Å². The number of carbonyl (C=O) groups is 3. The molecular formula is C23H24N4O3. The summed E-state index contributed by atoms with van der Waals surface area (Å²) in [6.45, 7) is 0. The molecule has 0 spiro atoms. The Morgan fingerprint density at radius 1 is 0.700 bits per heavy atom. The third-order valence-electron chi connectivity index (χ3n) is 4.75. The summed E-state index contributed by atoms with van der Waals surface area (Å²) >= 11 is 0. The van der Waals surface area contributed by atoms with Crippen molar-refractivity contribution < 1.29 is 14.4 Å². The van der Waals surface area contributed by atoms with Gasteiger partial charge in [-0.25, -0.2) is 4.79 Å².